The van der Waals surface area contributed by atoms with E-state index in [4.69, 9.17) is 9.47 Å². The highest BCUT2D eigenvalue weighted by atomic mass is 19.2. The maximum Gasteiger partial charge on any atom is 0.274 e. The minimum absolute atomic E-state index is 0.147. The van der Waals surface area contributed by atoms with Gasteiger partial charge in [-0.15, -0.1) is 0 Å². The molecule has 1 aromatic heterocycles. The number of piperazine rings is 1. The highest BCUT2D eigenvalue weighted by Gasteiger charge is 2.32. The topological polar surface area (TPSA) is 76.9 Å². The fourth-order valence-electron chi connectivity index (χ4n) is 4.85. The zero-order chi connectivity index (χ0) is 25.4. The number of nitrogens with zero attached hydrogens (tertiary/aromatic N) is 4. The molecule has 2 amide bonds. The molecule has 0 radical (unpaired) electrons. The minimum atomic E-state index is -0.960. The van der Waals surface area contributed by atoms with Crippen molar-refractivity contribution in [1.82, 2.24) is 19.6 Å². The predicted octanol–water partition coefficient (Wildman–Crippen LogP) is 3.25. The van der Waals surface area contributed by atoms with Crippen molar-refractivity contribution in [3.8, 4) is 17.2 Å². The minimum Gasteiger partial charge on any atom is -0.493 e. The summed E-state index contributed by atoms with van der Waals surface area (Å²) in [5, 5.41) is 4.52. The van der Waals surface area contributed by atoms with Gasteiger partial charge < -0.3 is 19.3 Å². The fraction of sp³-hybridized carbons (Fsp3) is 0.346. The summed E-state index contributed by atoms with van der Waals surface area (Å²) < 4.78 is 39.4. The number of carbonyl (C=O) groups is 2. The van der Waals surface area contributed by atoms with Crippen LogP contribution in [0.4, 0.5) is 8.78 Å². The van der Waals surface area contributed by atoms with Gasteiger partial charge in [0.2, 0.25) is 0 Å². The molecule has 36 heavy (non-hydrogen) atoms. The van der Waals surface area contributed by atoms with Crippen LogP contribution in [0.3, 0.4) is 0 Å². The highest BCUT2D eigenvalue weighted by molar-refractivity contribution is 5.96. The number of methoxy groups -OCH3 is 2. The Kier molecular flexibility index (Phi) is 6.34. The summed E-state index contributed by atoms with van der Waals surface area (Å²) in [4.78, 5) is 29.8. The zero-order valence-electron chi connectivity index (χ0n) is 20.1. The molecule has 8 nitrogen and oxygen atoms in total. The summed E-state index contributed by atoms with van der Waals surface area (Å²) in [6, 6.07) is 8.63. The Morgan fingerprint density at radius 1 is 0.833 bits per heavy atom. The summed E-state index contributed by atoms with van der Waals surface area (Å²) in [5.74, 6) is -1.24. The number of amides is 2. The van der Waals surface area contributed by atoms with Crippen molar-refractivity contribution in [2.75, 3.05) is 40.4 Å². The molecule has 0 spiro atoms. The van der Waals surface area contributed by atoms with Gasteiger partial charge in [0.05, 0.1) is 19.9 Å². The van der Waals surface area contributed by atoms with Crippen LogP contribution in [0.25, 0.3) is 5.69 Å². The number of fused-ring (bicyclic) bond motifs is 1. The molecule has 1 saturated heterocycles. The molecule has 2 aliphatic rings. The second kappa shape index (κ2) is 9.60. The van der Waals surface area contributed by atoms with Crippen molar-refractivity contribution < 1.29 is 27.8 Å². The number of halogens is 2. The van der Waals surface area contributed by atoms with Crippen LogP contribution in [-0.4, -0.2) is 71.8 Å². The lowest BCUT2D eigenvalue weighted by atomic mass is 10.1. The maximum atomic E-state index is 13.8. The van der Waals surface area contributed by atoms with E-state index in [2.05, 4.69) is 5.10 Å². The smallest absolute Gasteiger partial charge is 0.274 e. The number of carbonyl (C=O) groups excluding carboxylic acids is 2. The molecule has 1 aliphatic carbocycles. The molecule has 10 heteroatoms. The van der Waals surface area contributed by atoms with E-state index in [1.165, 1.54) is 20.3 Å². The van der Waals surface area contributed by atoms with Gasteiger partial charge in [-0.25, -0.2) is 13.5 Å². The molecular weight excluding hydrogens is 470 g/mol. The van der Waals surface area contributed by atoms with Gasteiger partial charge in [0.15, 0.2) is 28.8 Å². The fourth-order valence-corrected chi connectivity index (χ4v) is 4.85. The van der Waals surface area contributed by atoms with Crippen LogP contribution in [0.1, 0.15) is 38.5 Å². The molecule has 0 atom stereocenters. The summed E-state index contributed by atoms with van der Waals surface area (Å²) in [6.45, 7) is 1.49. The van der Waals surface area contributed by atoms with Crippen LogP contribution < -0.4 is 9.47 Å². The third-order valence-corrected chi connectivity index (χ3v) is 6.77. The van der Waals surface area contributed by atoms with Gasteiger partial charge in [-0.3, -0.25) is 9.59 Å². The molecule has 1 aliphatic heterocycles. The molecule has 5 rings (SSSR count). The Morgan fingerprint density at radius 3 is 2.19 bits per heavy atom. The summed E-state index contributed by atoms with van der Waals surface area (Å²) in [5.41, 5.74) is 2.92. The van der Waals surface area contributed by atoms with Gasteiger partial charge in [-0.2, -0.15) is 5.10 Å². The third-order valence-electron chi connectivity index (χ3n) is 6.77. The quantitative estimate of drug-likeness (QED) is 0.542. The first-order valence-corrected chi connectivity index (χ1v) is 11.8. The number of rotatable bonds is 5. The third kappa shape index (κ3) is 4.16. The van der Waals surface area contributed by atoms with Crippen molar-refractivity contribution in [1.29, 1.82) is 0 Å². The van der Waals surface area contributed by atoms with Crippen LogP contribution in [0.15, 0.2) is 36.4 Å². The largest absolute Gasteiger partial charge is 0.493 e. The van der Waals surface area contributed by atoms with Crippen LogP contribution in [0.2, 0.25) is 0 Å². The average Bonchev–Trinajstić information content (AvgIpc) is 3.52. The number of hydrogen-bond acceptors (Lipinski definition) is 5. The van der Waals surface area contributed by atoms with E-state index in [0.29, 0.717) is 67.5 Å². The summed E-state index contributed by atoms with van der Waals surface area (Å²) in [6.07, 6.45) is 2.28. The van der Waals surface area contributed by atoms with Crippen molar-refractivity contribution in [3.05, 3.63) is 70.5 Å². The summed E-state index contributed by atoms with van der Waals surface area (Å²) >= 11 is 0. The van der Waals surface area contributed by atoms with E-state index in [0.717, 1.165) is 29.8 Å². The van der Waals surface area contributed by atoms with Crippen LogP contribution in [0.5, 0.6) is 11.5 Å². The van der Waals surface area contributed by atoms with E-state index in [9.17, 15) is 18.4 Å². The maximum absolute atomic E-state index is 13.8. The Balaban J connectivity index is 1.31. The van der Waals surface area contributed by atoms with Gasteiger partial charge in [0.1, 0.15) is 0 Å². The normalized spacial score (nSPS) is 15.1. The van der Waals surface area contributed by atoms with E-state index in [1.54, 1.807) is 32.7 Å². The van der Waals surface area contributed by atoms with Crippen LogP contribution in [-0.2, 0) is 12.8 Å². The molecule has 188 valence electrons. The predicted molar refractivity (Wildman–Crippen MR) is 127 cm³/mol. The first-order chi connectivity index (χ1) is 17.4. The van der Waals surface area contributed by atoms with Crippen molar-refractivity contribution in [3.63, 3.8) is 0 Å². The molecule has 2 heterocycles. The highest BCUT2D eigenvalue weighted by Crippen LogP contribution is 2.30. The van der Waals surface area contributed by atoms with Gasteiger partial charge in [-0.1, -0.05) is 0 Å². The van der Waals surface area contributed by atoms with Crippen molar-refractivity contribution in [2.45, 2.75) is 19.3 Å². The van der Waals surface area contributed by atoms with E-state index in [-0.39, 0.29) is 11.8 Å². The lowest BCUT2D eigenvalue weighted by Gasteiger charge is -2.34. The van der Waals surface area contributed by atoms with Crippen molar-refractivity contribution >= 4 is 11.8 Å². The number of hydrogen-bond donors (Lipinski definition) is 0. The van der Waals surface area contributed by atoms with Gasteiger partial charge in [0, 0.05) is 49.1 Å². The second-order valence-corrected chi connectivity index (χ2v) is 8.79. The molecule has 2 aromatic carbocycles. The lowest BCUT2D eigenvalue weighted by Crippen LogP contribution is -2.50. The molecule has 1 fully saturated rings. The molecule has 0 N–H and O–H groups in total. The van der Waals surface area contributed by atoms with E-state index >= 15 is 0 Å². The average molecular weight is 497 g/mol. The molecule has 0 saturated carbocycles. The Morgan fingerprint density at radius 2 is 1.53 bits per heavy atom. The van der Waals surface area contributed by atoms with E-state index in [1.807, 2.05) is 0 Å². The Bertz CT molecular complexity index is 1330. The lowest BCUT2D eigenvalue weighted by molar-refractivity contribution is 0.0531. The Labute approximate surface area is 207 Å². The number of ether oxygens (including phenoxy) is 2. The number of aromatic nitrogens is 2. The van der Waals surface area contributed by atoms with Crippen LogP contribution >= 0.6 is 0 Å². The SMILES string of the molecule is COc1ccc(C(=O)N2CCN(C(=O)c3nn(-c4ccc(F)c(F)c4)c4c3CCC4)CC2)cc1OC. The number of benzene rings is 2. The standard InChI is InChI=1S/C26H26F2N4O4/c1-35-22-9-6-16(14-23(22)36-2)25(33)30-10-12-31(13-11-30)26(34)24-18-4-3-5-21(18)32(29-24)17-7-8-19(27)20(28)15-17/h6-9,14-15H,3-5,10-13H2,1-2H3. The van der Waals surface area contributed by atoms with Gasteiger partial charge >= 0.3 is 0 Å². The monoisotopic (exact) mass is 496 g/mol. The molecule has 0 unspecified atom stereocenters. The molecule has 3 aromatic rings. The molecule has 0 bridgehead atoms. The summed E-state index contributed by atoms with van der Waals surface area (Å²) in [7, 11) is 3.05. The van der Waals surface area contributed by atoms with Gasteiger partial charge in [-0.05, 0) is 49.6 Å². The van der Waals surface area contributed by atoms with Crippen LogP contribution in [0, 0.1) is 11.6 Å². The first kappa shape index (κ1) is 23.8. The van der Waals surface area contributed by atoms with E-state index < -0.39 is 11.6 Å². The Hall–Kier alpha value is -3.95. The second-order valence-electron chi connectivity index (χ2n) is 8.79. The molecular formula is C26H26F2N4O4. The van der Waals surface area contributed by atoms with Gasteiger partial charge in [0.25, 0.3) is 11.8 Å². The zero-order valence-corrected chi connectivity index (χ0v) is 20.1. The first-order valence-electron chi connectivity index (χ1n) is 11.8. The van der Waals surface area contributed by atoms with Crippen molar-refractivity contribution in [2.24, 2.45) is 0 Å².